The Kier molecular flexibility index (Phi) is 4.99. The van der Waals surface area contributed by atoms with Crippen molar-refractivity contribution in [3.05, 3.63) is 94.5 Å². The molecule has 0 radical (unpaired) electrons. The minimum absolute atomic E-state index is 0.195. The third kappa shape index (κ3) is 3.41. The zero-order valence-electron chi connectivity index (χ0n) is 18.4. The van der Waals surface area contributed by atoms with Gasteiger partial charge in [-0.05, 0) is 102 Å². The average molecular weight is 424 g/mol. The van der Waals surface area contributed by atoms with Crippen LogP contribution in [0, 0.1) is 0 Å². The fourth-order valence-electron chi connectivity index (χ4n) is 5.78. The van der Waals surface area contributed by atoms with Crippen LogP contribution in [0.1, 0.15) is 53.0 Å². The van der Waals surface area contributed by atoms with Crippen LogP contribution in [0.3, 0.4) is 0 Å². The second-order valence-corrected chi connectivity index (χ2v) is 9.22. The van der Waals surface area contributed by atoms with E-state index in [-0.39, 0.29) is 5.92 Å². The first-order valence-electron chi connectivity index (χ1n) is 11.9. The van der Waals surface area contributed by atoms with Crippen molar-refractivity contribution in [2.45, 2.75) is 31.6 Å². The van der Waals surface area contributed by atoms with E-state index in [4.69, 9.17) is 4.74 Å². The van der Waals surface area contributed by atoms with Crippen LogP contribution in [-0.2, 0) is 6.42 Å². The lowest BCUT2D eigenvalue weighted by molar-refractivity contribution is 0.238. The summed E-state index contributed by atoms with van der Waals surface area (Å²) in [5, 5.41) is 10.2. The summed E-state index contributed by atoms with van der Waals surface area (Å²) in [7, 11) is 0. The molecule has 3 nitrogen and oxygen atoms in total. The molecule has 0 saturated carbocycles. The minimum atomic E-state index is 0.195. The maximum atomic E-state index is 10.2. The van der Waals surface area contributed by atoms with Crippen LogP contribution in [0.4, 0.5) is 0 Å². The Bertz CT molecular complexity index is 1170. The summed E-state index contributed by atoms with van der Waals surface area (Å²) in [5.41, 5.74) is 9.39. The Morgan fingerprint density at radius 2 is 1.69 bits per heavy atom. The van der Waals surface area contributed by atoms with Gasteiger partial charge in [-0.25, -0.2) is 0 Å². The summed E-state index contributed by atoms with van der Waals surface area (Å²) in [5.74, 6) is 1.48. The molecule has 3 aliphatic rings. The normalized spacial score (nSPS) is 19.6. The van der Waals surface area contributed by atoms with E-state index in [1.807, 2.05) is 12.1 Å². The van der Waals surface area contributed by atoms with Crippen LogP contribution in [0.2, 0.25) is 0 Å². The fraction of sp³-hybridized carbons (Fsp3) is 0.310. The smallest absolute Gasteiger partial charge is 0.119 e. The zero-order chi connectivity index (χ0) is 21.5. The number of phenols is 1. The Labute approximate surface area is 190 Å². The Hall–Kier alpha value is -3.04. The average Bonchev–Trinajstić information content (AvgIpc) is 3.45. The van der Waals surface area contributed by atoms with E-state index >= 15 is 0 Å². The number of benzene rings is 3. The molecule has 0 bridgehead atoms. The van der Waals surface area contributed by atoms with Crippen molar-refractivity contribution < 1.29 is 9.84 Å². The van der Waals surface area contributed by atoms with E-state index in [1.54, 1.807) is 0 Å². The summed E-state index contributed by atoms with van der Waals surface area (Å²) >= 11 is 0. The van der Waals surface area contributed by atoms with E-state index in [9.17, 15) is 5.11 Å². The number of hydrogen-bond acceptors (Lipinski definition) is 3. The monoisotopic (exact) mass is 423 g/mol. The quantitative estimate of drug-likeness (QED) is 0.557. The van der Waals surface area contributed by atoms with Crippen LogP contribution in [-0.4, -0.2) is 36.2 Å². The zero-order valence-corrected chi connectivity index (χ0v) is 18.4. The number of likely N-dealkylation sites (tertiary alicyclic amines) is 1. The minimum Gasteiger partial charge on any atom is -0.508 e. The number of allylic oxidation sites excluding steroid dienone is 2. The molecule has 1 unspecified atom stereocenters. The molecule has 1 heterocycles. The number of phenolic OH excluding ortho intramolecular Hbond substituents is 1. The van der Waals surface area contributed by atoms with Crippen LogP contribution in [0.25, 0.3) is 11.1 Å². The number of rotatable bonds is 5. The lowest BCUT2D eigenvalue weighted by atomic mass is 9.80. The van der Waals surface area contributed by atoms with Gasteiger partial charge in [-0.3, -0.25) is 4.90 Å². The highest BCUT2D eigenvalue weighted by Crippen LogP contribution is 2.54. The molecule has 32 heavy (non-hydrogen) atoms. The number of aryl methyl sites for hydroxylation is 1. The predicted octanol–water partition coefficient (Wildman–Crippen LogP) is 5.87. The van der Waals surface area contributed by atoms with Crippen molar-refractivity contribution in [2.24, 2.45) is 0 Å². The molecule has 0 amide bonds. The van der Waals surface area contributed by atoms with E-state index in [1.165, 1.54) is 64.9 Å². The predicted molar refractivity (Wildman–Crippen MR) is 129 cm³/mol. The van der Waals surface area contributed by atoms with Gasteiger partial charge in [0.25, 0.3) is 0 Å². The highest BCUT2D eigenvalue weighted by Gasteiger charge is 2.36. The van der Waals surface area contributed by atoms with Gasteiger partial charge >= 0.3 is 0 Å². The Balaban J connectivity index is 1.31. The van der Waals surface area contributed by atoms with Gasteiger partial charge in [0, 0.05) is 12.5 Å². The second kappa shape index (κ2) is 8.14. The van der Waals surface area contributed by atoms with Gasteiger partial charge in [0.1, 0.15) is 18.1 Å². The largest absolute Gasteiger partial charge is 0.508 e. The van der Waals surface area contributed by atoms with Crippen molar-refractivity contribution in [1.29, 1.82) is 0 Å². The van der Waals surface area contributed by atoms with E-state index < -0.39 is 0 Å². The molecule has 1 saturated heterocycles. The molecular weight excluding hydrogens is 394 g/mol. The standard InChI is InChI=1S/C29H29NO2/c31-22-10-14-25-27(19-22)26-13-9-20-5-1-2-6-24(20)29(26)28(25)21-7-11-23(12-8-21)32-18-17-30-15-3-4-16-30/h1-2,5-8,10-12,14,19,28,31H,3-4,9,13,15-18H2. The first-order chi connectivity index (χ1) is 15.8. The topological polar surface area (TPSA) is 32.7 Å². The van der Waals surface area contributed by atoms with Crippen molar-refractivity contribution in [3.63, 3.8) is 0 Å². The summed E-state index contributed by atoms with van der Waals surface area (Å²) in [6.45, 7) is 4.16. The van der Waals surface area contributed by atoms with Crippen LogP contribution < -0.4 is 4.74 Å². The van der Waals surface area contributed by atoms with Gasteiger partial charge in [0.05, 0.1) is 0 Å². The van der Waals surface area contributed by atoms with Gasteiger partial charge in [0.15, 0.2) is 0 Å². The summed E-state index contributed by atoms with van der Waals surface area (Å²) in [6.07, 6.45) is 4.71. The molecule has 1 aliphatic heterocycles. The van der Waals surface area contributed by atoms with Crippen molar-refractivity contribution in [1.82, 2.24) is 4.90 Å². The molecule has 6 rings (SSSR count). The molecule has 3 aromatic rings. The summed E-state index contributed by atoms with van der Waals surface area (Å²) in [6, 6.07) is 23.4. The number of fused-ring (bicyclic) bond motifs is 4. The van der Waals surface area contributed by atoms with Crippen LogP contribution in [0.5, 0.6) is 11.5 Å². The number of nitrogens with zero attached hydrogens (tertiary/aromatic N) is 1. The first kappa shape index (κ1) is 19.6. The van der Waals surface area contributed by atoms with E-state index in [2.05, 4.69) is 59.5 Å². The molecule has 1 fully saturated rings. The highest BCUT2D eigenvalue weighted by atomic mass is 16.5. The molecule has 2 aliphatic carbocycles. The lowest BCUT2D eigenvalue weighted by Crippen LogP contribution is -2.25. The molecule has 3 heteroatoms. The third-order valence-corrected chi connectivity index (χ3v) is 7.33. The molecule has 1 N–H and O–H groups in total. The second-order valence-electron chi connectivity index (χ2n) is 9.22. The maximum absolute atomic E-state index is 10.2. The van der Waals surface area contributed by atoms with Crippen LogP contribution >= 0.6 is 0 Å². The van der Waals surface area contributed by atoms with Gasteiger partial charge < -0.3 is 9.84 Å². The van der Waals surface area contributed by atoms with Crippen molar-refractivity contribution in [3.8, 4) is 11.5 Å². The van der Waals surface area contributed by atoms with Crippen LogP contribution in [0.15, 0.2) is 66.7 Å². The van der Waals surface area contributed by atoms with Gasteiger partial charge in [-0.1, -0.05) is 42.5 Å². The molecular formula is C29H29NO2. The van der Waals surface area contributed by atoms with E-state index in [0.717, 1.165) is 31.7 Å². The third-order valence-electron chi connectivity index (χ3n) is 7.33. The Morgan fingerprint density at radius 3 is 2.53 bits per heavy atom. The Morgan fingerprint density at radius 1 is 0.875 bits per heavy atom. The van der Waals surface area contributed by atoms with Gasteiger partial charge in [-0.2, -0.15) is 0 Å². The number of hydrogen-bond donors (Lipinski definition) is 1. The molecule has 0 spiro atoms. The van der Waals surface area contributed by atoms with E-state index in [0.29, 0.717) is 5.75 Å². The van der Waals surface area contributed by atoms with Gasteiger partial charge in [0.2, 0.25) is 0 Å². The van der Waals surface area contributed by atoms with Crippen molar-refractivity contribution >= 4 is 11.1 Å². The van der Waals surface area contributed by atoms with Crippen molar-refractivity contribution in [2.75, 3.05) is 26.2 Å². The molecule has 0 aromatic heterocycles. The lowest BCUT2D eigenvalue weighted by Gasteiger charge is -2.24. The molecule has 3 aromatic carbocycles. The van der Waals surface area contributed by atoms with Gasteiger partial charge in [-0.15, -0.1) is 0 Å². The SMILES string of the molecule is Oc1ccc2c(c1)C1=C(c3ccccc3CC1)C2c1ccc(OCCN2CCCC2)cc1. The maximum Gasteiger partial charge on any atom is 0.119 e. The summed E-state index contributed by atoms with van der Waals surface area (Å²) in [4.78, 5) is 2.48. The fourth-order valence-corrected chi connectivity index (χ4v) is 5.78. The highest BCUT2D eigenvalue weighted by molar-refractivity contribution is 6.03. The molecule has 1 atom stereocenters. The number of aromatic hydroxyl groups is 1. The molecule has 162 valence electrons. The first-order valence-corrected chi connectivity index (χ1v) is 11.9. The number of ether oxygens (including phenoxy) is 1. The summed E-state index contributed by atoms with van der Waals surface area (Å²) < 4.78 is 6.05.